The summed E-state index contributed by atoms with van der Waals surface area (Å²) in [4.78, 5) is 24.5. The Labute approximate surface area is 138 Å². The van der Waals surface area contributed by atoms with Crippen molar-refractivity contribution >= 4 is 37.8 Å². The summed E-state index contributed by atoms with van der Waals surface area (Å²) in [6, 6.07) is 4.07. The maximum absolute atomic E-state index is 12.2. The lowest BCUT2D eigenvalue weighted by atomic mass is 10.2. The van der Waals surface area contributed by atoms with Crippen LogP contribution in [0.1, 0.15) is 10.4 Å². The summed E-state index contributed by atoms with van der Waals surface area (Å²) in [5.41, 5.74) is 0.0511. The van der Waals surface area contributed by atoms with Crippen LogP contribution in [0.5, 0.6) is 0 Å². The minimum atomic E-state index is -3.70. The molecule has 0 bridgehead atoms. The second-order valence-electron chi connectivity index (χ2n) is 4.80. The molecule has 0 N–H and O–H groups in total. The summed E-state index contributed by atoms with van der Waals surface area (Å²) in [7, 11) is 2.16. The van der Waals surface area contributed by atoms with Gasteiger partial charge >= 0.3 is 5.97 Å². The van der Waals surface area contributed by atoms with E-state index >= 15 is 0 Å². The third kappa shape index (κ3) is 4.28. The van der Waals surface area contributed by atoms with E-state index in [1.165, 1.54) is 51.3 Å². The summed E-state index contributed by atoms with van der Waals surface area (Å²) in [6.45, 7) is -0.405. The summed E-state index contributed by atoms with van der Waals surface area (Å²) >= 11 is 3.15. The first-order valence-corrected chi connectivity index (χ1v) is 8.40. The zero-order chi connectivity index (χ0) is 17.1. The molecule has 0 spiro atoms. The number of esters is 1. The largest absolute Gasteiger partial charge is 0.452 e. The number of sulfonamides is 1. The van der Waals surface area contributed by atoms with Gasteiger partial charge in [0.25, 0.3) is 5.91 Å². The molecule has 1 aromatic carbocycles. The van der Waals surface area contributed by atoms with Gasteiger partial charge in [0.1, 0.15) is 0 Å². The predicted molar refractivity (Wildman–Crippen MR) is 84.0 cm³/mol. The minimum absolute atomic E-state index is 0.0501. The first-order valence-electron chi connectivity index (χ1n) is 6.16. The van der Waals surface area contributed by atoms with E-state index in [-0.39, 0.29) is 16.4 Å². The van der Waals surface area contributed by atoms with Crippen LogP contribution < -0.4 is 0 Å². The molecule has 1 aromatic rings. The molecular formula is C13H17BrN2O5S. The summed E-state index contributed by atoms with van der Waals surface area (Å²) in [5.74, 6) is -1.13. The first-order chi connectivity index (χ1) is 10.1. The fourth-order valence-electron chi connectivity index (χ4n) is 1.36. The highest BCUT2D eigenvalue weighted by Gasteiger charge is 2.22. The number of rotatable bonds is 5. The number of halogens is 1. The highest BCUT2D eigenvalue weighted by molar-refractivity contribution is 9.10. The molecule has 0 fully saturated rings. The minimum Gasteiger partial charge on any atom is -0.452 e. The van der Waals surface area contributed by atoms with Gasteiger partial charge in [-0.3, -0.25) is 4.79 Å². The topological polar surface area (TPSA) is 84.0 Å². The van der Waals surface area contributed by atoms with Gasteiger partial charge in [-0.25, -0.2) is 17.5 Å². The van der Waals surface area contributed by atoms with Crippen molar-refractivity contribution in [1.29, 1.82) is 0 Å². The van der Waals surface area contributed by atoms with Gasteiger partial charge in [-0.2, -0.15) is 0 Å². The van der Waals surface area contributed by atoms with Crippen LogP contribution in [0, 0.1) is 0 Å². The molecule has 0 saturated carbocycles. The fraction of sp³-hybridized carbons (Fsp3) is 0.385. The molecule has 0 radical (unpaired) electrons. The third-order valence-corrected chi connectivity index (χ3v) is 5.56. The van der Waals surface area contributed by atoms with Crippen molar-refractivity contribution in [3.05, 3.63) is 28.2 Å². The zero-order valence-corrected chi connectivity index (χ0v) is 15.1. The van der Waals surface area contributed by atoms with Gasteiger partial charge in [0.15, 0.2) is 6.61 Å². The molecule has 0 heterocycles. The summed E-state index contributed by atoms with van der Waals surface area (Å²) in [6.07, 6.45) is 0. The number of carbonyl (C=O) groups excluding carboxylic acids is 2. The molecule has 0 saturated heterocycles. The SMILES string of the molecule is CN(C)C(=O)COC(=O)c1ccc(Br)c(S(=O)(=O)N(C)C)c1. The van der Waals surface area contributed by atoms with Gasteiger partial charge in [0, 0.05) is 32.7 Å². The Kier molecular flexibility index (Phi) is 6.09. The van der Waals surface area contributed by atoms with E-state index in [2.05, 4.69) is 15.9 Å². The van der Waals surface area contributed by atoms with E-state index in [9.17, 15) is 18.0 Å². The van der Waals surface area contributed by atoms with Gasteiger partial charge in [-0.1, -0.05) is 0 Å². The Bertz CT molecular complexity index is 686. The highest BCUT2D eigenvalue weighted by Crippen LogP contribution is 2.25. The van der Waals surface area contributed by atoms with Crippen molar-refractivity contribution in [3.63, 3.8) is 0 Å². The van der Waals surface area contributed by atoms with Crippen LogP contribution in [0.15, 0.2) is 27.6 Å². The molecule has 0 atom stereocenters. The maximum Gasteiger partial charge on any atom is 0.338 e. The third-order valence-electron chi connectivity index (χ3n) is 2.75. The fourth-order valence-corrected chi connectivity index (χ4v) is 3.21. The number of carbonyl (C=O) groups is 2. The molecule has 1 rings (SSSR count). The number of nitrogens with zero attached hydrogens (tertiary/aromatic N) is 2. The van der Waals surface area contributed by atoms with E-state index in [0.29, 0.717) is 4.47 Å². The van der Waals surface area contributed by atoms with Crippen LogP contribution in [0.4, 0.5) is 0 Å². The van der Waals surface area contributed by atoms with Gasteiger partial charge in [0.2, 0.25) is 10.0 Å². The van der Waals surface area contributed by atoms with Crippen molar-refractivity contribution in [3.8, 4) is 0 Å². The van der Waals surface area contributed by atoms with Crippen LogP contribution in [0.3, 0.4) is 0 Å². The lowest BCUT2D eigenvalue weighted by Crippen LogP contribution is -2.27. The Morgan fingerprint density at radius 3 is 2.27 bits per heavy atom. The standard InChI is InChI=1S/C13H17BrN2O5S/c1-15(2)12(17)8-21-13(18)9-5-6-10(14)11(7-9)22(19,20)16(3)4/h5-7H,8H2,1-4H3. The molecule has 1 amide bonds. The molecule has 0 aliphatic rings. The lowest BCUT2D eigenvalue weighted by molar-refractivity contribution is -0.131. The number of benzene rings is 1. The Balaban J connectivity index is 3.04. The summed E-state index contributed by atoms with van der Waals surface area (Å²) in [5, 5.41) is 0. The van der Waals surface area contributed by atoms with Gasteiger partial charge in [-0.15, -0.1) is 0 Å². The first kappa shape index (κ1) is 18.6. The van der Waals surface area contributed by atoms with Gasteiger partial charge < -0.3 is 9.64 Å². The van der Waals surface area contributed by atoms with E-state index in [1.807, 2.05) is 0 Å². The average molecular weight is 393 g/mol. The number of likely N-dealkylation sites (N-methyl/N-ethyl adjacent to an activating group) is 1. The molecule has 0 aromatic heterocycles. The van der Waals surface area contributed by atoms with Crippen LogP contribution in [0.25, 0.3) is 0 Å². The molecular weight excluding hydrogens is 376 g/mol. The van der Waals surface area contributed by atoms with E-state index in [4.69, 9.17) is 4.74 Å². The van der Waals surface area contributed by atoms with Crippen molar-refractivity contribution in [2.24, 2.45) is 0 Å². The molecule has 22 heavy (non-hydrogen) atoms. The Hall–Kier alpha value is -1.45. The quantitative estimate of drug-likeness (QED) is 0.696. The molecule has 7 nitrogen and oxygen atoms in total. The molecule has 0 aliphatic heterocycles. The Morgan fingerprint density at radius 1 is 1.18 bits per heavy atom. The second-order valence-corrected chi connectivity index (χ2v) is 7.77. The van der Waals surface area contributed by atoms with Crippen LogP contribution in [0.2, 0.25) is 0 Å². The predicted octanol–water partition coefficient (Wildman–Crippen LogP) is 0.944. The number of hydrogen-bond donors (Lipinski definition) is 0. The summed E-state index contributed by atoms with van der Waals surface area (Å²) < 4.78 is 30.6. The van der Waals surface area contributed by atoms with Crippen molar-refractivity contribution in [1.82, 2.24) is 9.21 Å². The number of ether oxygens (including phenoxy) is 1. The Morgan fingerprint density at radius 2 is 1.77 bits per heavy atom. The van der Waals surface area contributed by atoms with Crippen molar-refractivity contribution < 1.29 is 22.7 Å². The van der Waals surface area contributed by atoms with Gasteiger partial charge in [0.05, 0.1) is 10.5 Å². The molecule has 0 unspecified atom stereocenters. The lowest BCUT2D eigenvalue weighted by Gasteiger charge is -2.14. The van der Waals surface area contributed by atoms with Gasteiger partial charge in [-0.05, 0) is 34.1 Å². The molecule has 122 valence electrons. The number of amides is 1. The van der Waals surface area contributed by atoms with Crippen LogP contribution in [-0.4, -0.2) is 64.3 Å². The monoisotopic (exact) mass is 392 g/mol. The van der Waals surface area contributed by atoms with E-state index < -0.39 is 22.6 Å². The van der Waals surface area contributed by atoms with Crippen LogP contribution in [-0.2, 0) is 19.6 Å². The molecule has 0 aliphatic carbocycles. The average Bonchev–Trinajstić information content (AvgIpc) is 2.44. The zero-order valence-electron chi connectivity index (χ0n) is 12.7. The van der Waals surface area contributed by atoms with Crippen molar-refractivity contribution in [2.75, 3.05) is 34.8 Å². The van der Waals surface area contributed by atoms with Crippen molar-refractivity contribution in [2.45, 2.75) is 4.90 Å². The normalized spacial score (nSPS) is 11.4. The van der Waals surface area contributed by atoms with Crippen LogP contribution >= 0.6 is 15.9 Å². The maximum atomic E-state index is 12.2. The second kappa shape index (κ2) is 7.21. The smallest absolute Gasteiger partial charge is 0.338 e. The molecule has 9 heteroatoms. The van der Waals surface area contributed by atoms with E-state index in [1.54, 1.807) is 0 Å². The highest BCUT2D eigenvalue weighted by atomic mass is 79.9. The van der Waals surface area contributed by atoms with E-state index in [0.717, 1.165) is 4.31 Å². The number of hydrogen-bond acceptors (Lipinski definition) is 5.